The summed E-state index contributed by atoms with van der Waals surface area (Å²) in [4.78, 5) is 14.4. The van der Waals surface area contributed by atoms with E-state index in [1.54, 1.807) is 49.4 Å². The van der Waals surface area contributed by atoms with Gasteiger partial charge in [-0.2, -0.15) is 0 Å². The Morgan fingerprint density at radius 1 is 1.14 bits per heavy atom. The van der Waals surface area contributed by atoms with Gasteiger partial charge in [-0.25, -0.2) is 17.5 Å². The highest BCUT2D eigenvalue weighted by atomic mass is 32.2. The average molecular weight is 420 g/mol. The lowest BCUT2D eigenvalue weighted by Crippen LogP contribution is -2.47. The number of halogens is 1. The molecule has 0 aromatic heterocycles. The van der Waals surface area contributed by atoms with E-state index in [1.165, 1.54) is 6.07 Å². The first-order valence-corrected chi connectivity index (χ1v) is 11.1. The number of sulfonamides is 1. The van der Waals surface area contributed by atoms with Gasteiger partial charge in [-0.1, -0.05) is 30.3 Å². The Balaban J connectivity index is 1.42. The van der Waals surface area contributed by atoms with Crippen LogP contribution in [0.3, 0.4) is 0 Å². The lowest BCUT2D eigenvalue weighted by atomic mass is 10.1. The lowest BCUT2D eigenvalue weighted by molar-refractivity contribution is -0.122. The number of benzene rings is 2. The predicted octanol–water partition coefficient (Wildman–Crippen LogP) is 2.19. The van der Waals surface area contributed by atoms with Crippen molar-refractivity contribution >= 4 is 15.9 Å². The minimum atomic E-state index is -3.52. The van der Waals surface area contributed by atoms with Crippen LogP contribution in [0.2, 0.25) is 0 Å². The van der Waals surface area contributed by atoms with E-state index >= 15 is 0 Å². The molecule has 1 aliphatic rings. The SMILES string of the molecule is Cc1ccc(CNC(=O)CN2CCC(NS(=O)(=O)c3ccccc3)CC2)cc1F. The number of amides is 1. The zero-order valence-electron chi connectivity index (χ0n) is 16.4. The summed E-state index contributed by atoms with van der Waals surface area (Å²) >= 11 is 0. The van der Waals surface area contributed by atoms with Crippen LogP contribution in [0.25, 0.3) is 0 Å². The molecule has 29 heavy (non-hydrogen) atoms. The van der Waals surface area contributed by atoms with Crippen LogP contribution in [-0.4, -0.2) is 44.9 Å². The maximum absolute atomic E-state index is 13.6. The quantitative estimate of drug-likeness (QED) is 0.721. The number of carbonyl (C=O) groups is 1. The molecule has 0 radical (unpaired) electrons. The normalized spacial score (nSPS) is 15.9. The first-order valence-electron chi connectivity index (χ1n) is 9.65. The van der Waals surface area contributed by atoms with Crippen LogP contribution in [0.1, 0.15) is 24.0 Å². The number of rotatable bonds is 7. The molecule has 1 heterocycles. The molecule has 1 aliphatic heterocycles. The van der Waals surface area contributed by atoms with E-state index in [-0.39, 0.29) is 35.8 Å². The molecule has 3 rings (SSSR count). The van der Waals surface area contributed by atoms with E-state index < -0.39 is 10.0 Å². The molecule has 0 saturated carbocycles. The molecule has 6 nitrogen and oxygen atoms in total. The van der Waals surface area contributed by atoms with Crippen molar-refractivity contribution in [3.05, 3.63) is 65.5 Å². The Labute approximate surface area is 171 Å². The maximum Gasteiger partial charge on any atom is 0.240 e. The number of aryl methyl sites for hydroxylation is 1. The van der Waals surface area contributed by atoms with Crippen LogP contribution in [0.5, 0.6) is 0 Å². The van der Waals surface area contributed by atoms with Gasteiger partial charge in [0.2, 0.25) is 15.9 Å². The van der Waals surface area contributed by atoms with Crippen LogP contribution in [-0.2, 0) is 21.4 Å². The Morgan fingerprint density at radius 3 is 2.48 bits per heavy atom. The first kappa shape index (κ1) is 21.4. The smallest absolute Gasteiger partial charge is 0.240 e. The fourth-order valence-corrected chi connectivity index (χ4v) is 4.63. The van der Waals surface area contributed by atoms with Crippen molar-refractivity contribution in [1.82, 2.24) is 14.9 Å². The summed E-state index contributed by atoms with van der Waals surface area (Å²) in [6, 6.07) is 13.1. The van der Waals surface area contributed by atoms with Crippen molar-refractivity contribution in [3.8, 4) is 0 Å². The largest absolute Gasteiger partial charge is 0.351 e. The zero-order chi connectivity index (χ0) is 20.9. The minimum absolute atomic E-state index is 0.130. The summed E-state index contributed by atoms with van der Waals surface area (Å²) in [5.74, 6) is -0.411. The van der Waals surface area contributed by atoms with Crippen molar-refractivity contribution in [2.24, 2.45) is 0 Å². The van der Waals surface area contributed by atoms with Gasteiger partial charge in [0.25, 0.3) is 0 Å². The molecule has 2 aromatic carbocycles. The number of likely N-dealkylation sites (tertiary alicyclic amines) is 1. The highest BCUT2D eigenvalue weighted by molar-refractivity contribution is 7.89. The molecular weight excluding hydrogens is 393 g/mol. The Morgan fingerprint density at radius 2 is 1.83 bits per heavy atom. The molecule has 1 saturated heterocycles. The van der Waals surface area contributed by atoms with Crippen molar-refractivity contribution in [2.75, 3.05) is 19.6 Å². The summed E-state index contributed by atoms with van der Waals surface area (Å²) in [5.41, 5.74) is 1.29. The van der Waals surface area contributed by atoms with Crippen molar-refractivity contribution in [2.45, 2.75) is 37.2 Å². The van der Waals surface area contributed by atoms with E-state index in [2.05, 4.69) is 10.0 Å². The number of hydrogen-bond donors (Lipinski definition) is 2. The molecule has 8 heteroatoms. The number of nitrogens with one attached hydrogen (secondary N) is 2. The third-order valence-electron chi connectivity index (χ3n) is 5.06. The van der Waals surface area contributed by atoms with Crippen LogP contribution in [0, 0.1) is 12.7 Å². The van der Waals surface area contributed by atoms with Crippen LogP contribution >= 0.6 is 0 Å². The molecule has 156 valence electrons. The van der Waals surface area contributed by atoms with Crippen LogP contribution in [0.4, 0.5) is 4.39 Å². The van der Waals surface area contributed by atoms with Gasteiger partial charge in [0.15, 0.2) is 0 Å². The van der Waals surface area contributed by atoms with E-state index in [0.717, 1.165) is 5.56 Å². The number of nitrogens with zero attached hydrogens (tertiary/aromatic N) is 1. The average Bonchev–Trinajstić information content (AvgIpc) is 2.71. The van der Waals surface area contributed by atoms with Gasteiger partial charge in [0, 0.05) is 25.7 Å². The highest BCUT2D eigenvalue weighted by Crippen LogP contribution is 2.15. The second-order valence-electron chi connectivity index (χ2n) is 7.35. The van der Waals surface area contributed by atoms with Crippen LogP contribution in [0.15, 0.2) is 53.4 Å². The van der Waals surface area contributed by atoms with Gasteiger partial charge in [0.1, 0.15) is 5.82 Å². The van der Waals surface area contributed by atoms with Crippen molar-refractivity contribution in [1.29, 1.82) is 0 Å². The third-order valence-corrected chi connectivity index (χ3v) is 6.59. The molecule has 1 amide bonds. The molecular formula is C21H26FN3O3S. The summed E-state index contributed by atoms with van der Waals surface area (Å²) in [7, 11) is -3.52. The molecule has 0 spiro atoms. The Bertz CT molecular complexity index is 943. The van der Waals surface area contributed by atoms with Gasteiger partial charge in [-0.05, 0) is 49.1 Å². The van der Waals surface area contributed by atoms with E-state index in [4.69, 9.17) is 0 Å². The summed E-state index contributed by atoms with van der Waals surface area (Å²) in [6.07, 6.45) is 1.28. The summed E-state index contributed by atoms with van der Waals surface area (Å²) in [5, 5.41) is 2.81. The number of hydrogen-bond acceptors (Lipinski definition) is 4. The minimum Gasteiger partial charge on any atom is -0.351 e. The second-order valence-corrected chi connectivity index (χ2v) is 9.06. The van der Waals surface area contributed by atoms with E-state index in [1.807, 2.05) is 4.90 Å². The fraction of sp³-hybridized carbons (Fsp3) is 0.381. The molecule has 0 bridgehead atoms. The summed E-state index contributed by atoms with van der Waals surface area (Å²) < 4.78 is 41.1. The van der Waals surface area contributed by atoms with Crippen molar-refractivity contribution in [3.63, 3.8) is 0 Å². The van der Waals surface area contributed by atoms with Gasteiger partial charge in [0.05, 0.1) is 11.4 Å². The molecule has 0 unspecified atom stereocenters. The monoisotopic (exact) mass is 419 g/mol. The van der Waals surface area contributed by atoms with Gasteiger partial charge >= 0.3 is 0 Å². The molecule has 2 N–H and O–H groups in total. The zero-order valence-corrected chi connectivity index (χ0v) is 17.2. The van der Waals surface area contributed by atoms with E-state index in [9.17, 15) is 17.6 Å². The molecule has 2 aromatic rings. The number of piperidine rings is 1. The maximum atomic E-state index is 13.6. The fourth-order valence-electron chi connectivity index (χ4n) is 3.30. The van der Waals surface area contributed by atoms with Crippen molar-refractivity contribution < 1.29 is 17.6 Å². The molecule has 0 aliphatic carbocycles. The number of carbonyl (C=O) groups excluding carboxylic acids is 1. The van der Waals surface area contributed by atoms with Gasteiger partial charge < -0.3 is 5.32 Å². The predicted molar refractivity (Wildman–Crippen MR) is 109 cm³/mol. The lowest BCUT2D eigenvalue weighted by Gasteiger charge is -2.31. The van der Waals surface area contributed by atoms with Gasteiger partial charge in [-0.3, -0.25) is 9.69 Å². The third kappa shape index (κ3) is 6.09. The van der Waals surface area contributed by atoms with Gasteiger partial charge in [-0.15, -0.1) is 0 Å². The highest BCUT2D eigenvalue weighted by Gasteiger charge is 2.25. The standard InChI is InChI=1S/C21H26FN3O3S/c1-16-7-8-17(13-20(16)22)14-23-21(26)15-25-11-9-18(10-12-25)24-29(27,28)19-5-3-2-4-6-19/h2-8,13,18,24H,9-12,14-15H2,1H3,(H,23,26). The topological polar surface area (TPSA) is 78.5 Å². The Hall–Kier alpha value is -2.29. The summed E-state index contributed by atoms with van der Waals surface area (Å²) in [6.45, 7) is 3.49. The Kier molecular flexibility index (Phi) is 7.00. The first-order chi connectivity index (χ1) is 13.8. The van der Waals surface area contributed by atoms with E-state index in [0.29, 0.717) is 31.5 Å². The molecule has 0 atom stereocenters. The van der Waals surface area contributed by atoms with Crippen LogP contribution < -0.4 is 10.0 Å². The molecule has 1 fully saturated rings. The second kappa shape index (κ2) is 9.47.